The first-order chi connectivity index (χ1) is 14.3. The highest BCUT2D eigenvalue weighted by Crippen LogP contribution is 2.27. The predicted octanol–water partition coefficient (Wildman–Crippen LogP) is 3.15. The molecule has 2 aromatic rings. The maximum Gasteiger partial charge on any atom is 0.311 e. The number of rotatable bonds is 7. The minimum Gasteiger partial charge on any atom is -0.491 e. The number of carbonyl (C=O) groups excluding carboxylic acids is 3. The van der Waals surface area contributed by atoms with Gasteiger partial charge in [-0.05, 0) is 50.2 Å². The van der Waals surface area contributed by atoms with Gasteiger partial charge < -0.3 is 19.7 Å². The topological polar surface area (TPSA) is 84.9 Å². The van der Waals surface area contributed by atoms with Crippen molar-refractivity contribution in [3.8, 4) is 5.75 Å². The van der Waals surface area contributed by atoms with Crippen molar-refractivity contribution < 1.29 is 28.2 Å². The normalized spacial score (nSPS) is 15.9. The number of ether oxygens (including phenoxy) is 2. The fourth-order valence-corrected chi connectivity index (χ4v) is 3.10. The van der Waals surface area contributed by atoms with Gasteiger partial charge in [-0.1, -0.05) is 12.1 Å². The number of esters is 1. The summed E-state index contributed by atoms with van der Waals surface area (Å²) in [7, 11) is 0. The van der Waals surface area contributed by atoms with Gasteiger partial charge in [-0.3, -0.25) is 14.4 Å². The highest BCUT2D eigenvalue weighted by atomic mass is 19.1. The van der Waals surface area contributed by atoms with Crippen molar-refractivity contribution in [2.24, 2.45) is 5.92 Å². The molecule has 1 N–H and O–H groups in total. The summed E-state index contributed by atoms with van der Waals surface area (Å²) < 4.78 is 24.2. The smallest absolute Gasteiger partial charge is 0.311 e. The zero-order valence-corrected chi connectivity index (χ0v) is 16.8. The van der Waals surface area contributed by atoms with Crippen molar-refractivity contribution in [1.29, 1.82) is 0 Å². The van der Waals surface area contributed by atoms with Crippen LogP contribution in [0.3, 0.4) is 0 Å². The Hall–Kier alpha value is -3.42. The first-order valence-electron chi connectivity index (χ1n) is 9.61. The molecule has 7 nitrogen and oxygen atoms in total. The lowest BCUT2D eigenvalue weighted by Gasteiger charge is -2.17. The number of nitrogens with one attached hydrogen (secondary N) is 1. The Morgan fingerprint density at radius 3 is 2.53 bits per heavy atom. The molecule has 1 aliphatic rings. The fraction of sp³-hybridized carbons (Fsp3) is 0.318. The van der Waals surface area contributed by atoms with E-state index in [9.17, 15) is 18.8 Å². The number of anilines is 2. The molecule has 0 unspecified atom stereocenters. The minimum absolute atomic E-state index is 0.00197. The average Bonchev–Trinajstić information content (AvgIpc) is 3.10. The number of carbonyl (C=O) groups is 3. The van der Waals surface area contributed by atoms with E-state index in [2.05, 4.69) is 5.32 Å². The molecular weight excluding hydrogens is 391 g/mol. The standard InChI is InChI=1S/C22H23FN2O5/c1-14(2)30-17-9-7-16(8-10-17)25-12-15(11-21(25)27)22(28)29-13-20(26)24-19-6-4-3-5-18(19)23/h3-10,14-15H,11-13H2,1-2H3,(H,24,26)/t15-/m0/s1. The summed E-state index contributed by atoms with van der Waals surface area (Å²) in [5.74, 6) is -2.07. The van der Waals surface area contributed by atoms with Crippen LogP contribution in [-0.2, 0) is 19.1 Å². The molecule has 1 fully saturated rings. The summed E-state index contributed by atoms with van der Waals surface area (Å²) in [5, 5.41) is 2.34. The SMILES string of the molecule is CC(C)Oc1ccc(N2C[C@@H](C(=O)OCC(=O)Nc3ccccc3F)CC2=O)cc1. The van der Waals surface area contributed by atoms with Crippen LogP contribution in [0.2, 0.25) is 0 Å². The zero-order chi connectivity index (χ0) is 21.7. The number of benzene rings is 2. The maximum absolute atomic E-state index is 13.6. The second-order valence-electron chi connectivity index (χ2n) is 7.20. The lowest BCUT2D eigenvalue weighted by Crippen LogP contribution is -2.28. The summed E-state index contributed by atoms with van der Waals surface area (Å²) in [6, 6.07) is 12.7. The molecule has 1 saturated heterocycles. The highest BCUT2D eigenvalue weighted by Gasteiger charge is 2.36. The van der Waals surface area contributed by atoms with Crippen LogP contribution in [0.25, 0.3) is 0 Å². The number of para-hydroxylation sites is 1. The van der Waals surface area contributed by atoms with Crippen LogP contribution in [-0.4, -0.2) is 37.0 Å². The molecule has 2 aromatic carbocycles. The van der Waals surface area contributed by atoms with Crippen LogP contribution in [0.5, 0.6) is 5.75 Å². The Labute approximate surface area is 173 Å². The number of amides is 2. The third-order valence-electron chi connectivity index (χ3n) is 4.47. The van der Waals surface area contributed by atoms with E-state index in [0.717, 1.165) is 0 Å². The van der Waals surface area contributed by atoms with Gasteiger partial charge in [0.25, 0.3) is 5.91 Å². The highest BCUT2D eigenvalue weighted by molar-refractivity contribution is 6.00. The minimum atomic E-state index is -0.676. The molecule has 2 amide bonds. The van der Waals surface area contributed by atoms with Crippen molar-refractivity contribution >= 4 is 29.2 Å². The van der Waals surface area contributed by atoms with E-state index < -0.39 is 30.2 Å². The summed E-state index contributed by atoms with van der Waals surface area (Å²) >= 11 is 0. The summed E-state index contributed by atoms with van der Waals surface area (Å²) in [4.78, 5) is 38.0. The summed E-state index contributed by atoms with van der Waals surface area (Å²) in [5.41, 5.74) is 0.661. The van der Waals surface area contributed by atoms with E-state index in [1.807, 2.05) is 13.8 Å². The average molecular weight is 414 g/mol. The predicted molar refractivity (Wildman–Crippen MR) is 109 cm³/mol. The number of hydrogen-bond acceptors (Lipinski definition) is 5. The number of nitrogens with zero attached hydrogens (tertiary/aromatic N) is 1. The van der Waals surface area contributed by atoms with E-state index >= 15 is 0 Å². The largest absolute Gasteiger partial charge is 0.491 e. The molecule has 0 saturated carbocycles. The van der Waals surface area contributed by atoms with Gasteiger partial charge in [-0.25, -0.2) is 4.39 Å². The maximum atomic E-state index is 13.6. The second kappa shape index (κ2) is 9.39. The summed E-state index contributed by atoms with van der Waals surface area (Å²) in [6.45, 7) is 3.45. The first-order valence-corrected chi connectivity index (χ1v) is 9.61. The Morgan fingerprint density at radius 1 is 1.17 bits per heavy atom. The van der Waals surface area contributed by atoms with Crippen LogP contribution >= 0.6 is 0 Å². The van der Waals surface area contributed by atoms with Gasteiger partial charge in [-0.15, -0.1) is 0 Å². The molecule has 0 radical (unpaired) electrons. The molecular formula is C22H23FN2O5. The number of hydrogen-bond donors (Lipinski definition) is 1. The Kier molecular flexibility index (Phi) is 6.66. The Bertz CT molecular complexity index is 929. The molecule has 8 heteroatoms. The molecule has 0 bridgehead atoms. The van der Waals surface area contributed by atoms with Gasteiger partial charge >= 0.3 is 5.97 Å². The van der Waals surface area contributed by atoms with Gasteiger partial charge in [0.1, 0.15) is 11.6 Å². The molecule has 158 valence electrons. The summed E-state index contributed by atoms with van der Waals surface area (Å²) in [6.07, 6.45) is 0.0388. The van der Waals surface area contributed by atoms with E-state index in [1.54, 1.807) is 30.3 Å². The van der Waals surface area contributed by atoms with Crippen molar-refractivity contribution in [2.45, 2.75) is 26.4 Å². The van der Waals surface area contributed by atoms with Gasteiger partial charge in [0.2, 0.25) is 5.91 Å². The molecule has 3 rings (SSSR count). The lowest BCUT2D eigenvalue weighted by atomic mass is 10.1. The monoisotopic (exact) mass is 414 g/mol. The third kappa shape index (κ3) is 5.34. The van der Waals surface area contributed by atoms with Crippen molar-refractivity contribution in [3.05, 3.63) is 54.3 Å². The van der Waals surface area contributed by atoms with Gasteiger partial charge in [0.15, 0.2) is 6.61 Å². The quantitative estimate of drug-likeness (QED) is 0.704. The van der Waals surface area contributed by atoms with Crippen LogP contribution in [0, 0.1) is 11.7 Å². The van der Waals surface area contributed by atoms with E-state index in [4.69, 9.17) is 9.47 Å². The molecule has 1 aliphatic heterocycles. The lowest BCUT2D eigenvalue weighted by molar-refractivity contribution is -0.151. The van der Waals surface area contributed by atoms with Crippen LogP contribution in [0.15, 0.2) is 48.5 Å². The number of halogens is 1. The third-order valence-corrected chi connectivity index (χ3v) is 4.47. The van der Waals surface area contributed by atoms with Gasteiger partial charge in [0.05, 0.1) is 17.7 Å². The van der Waals surface area contributed by atoms with Gasteiger partial charge in [-0.2, -0.15) is 0 Å². The Balaban J connectivity index is 1.52. The van der Waals surface area contributed by atoms with E-state index in [0.29, 0.717) is 11.4 Å². The first kappa shape index (κ1) is 21.3. The molecule has 0 aliphatic carbocycles. The van der Waals surface area contributed by atoms with Crippen molar-refractivity contribution in [1.82, 2.24) is 0 Å². The molecule has 0 spiro atoms. The van der Waals surface area contributed by atoms with Crippen LogP contribution in [0.4, 0.5) is 15.8 Å². The van der Waals surface area contributed by atoms with E-state index in [-0.39, 0.29) is 30.7 Å². The van der Waals surface area contributed by atoms with Crippen molar-refractivity contribution in [3.63, 3.8) is 0 Å². The van der Waals surface area contributed by atoms with E-state index in [1.165, 1.54) is 23.1 Å². The molecule has 30 heavy (non-hydrogen) atoms. The molecule has 1 atom stereocenters. The fourth-order valence-electron chi connectivity index (χ4n) is 3.10. The van der Waals surface area contributed by atoms with Crippen molar-refractivity contribution in [2.75, 3.05) is 23.4 Å². The van der Waals surface area contributed by atoms with Crippen LogP contribution in [0.1, 0.15) is 20.3 Å². The second-order valence-corrected chi connectivity index (χ2v) is 7.20. The molecule has 1 heterocycles. The Morgan fingerprint density at radius 2 is 1.87 bits per heavy atom. The molecule has 0 aromatic heterocycles. The van der Waals surface area contributed by atoms with Gasteiger partial charge in [0, 0.05) is 18.7 Å². The van der Waals surface area contributed by atoms with Crippen LogP contribution < -0.4 is 15.0 Å². The zero-order valence-electron chi connectivity index (χ0n) is 16.8.